The van der Waals surface area contributed by atoms with Crippen molar-refractivity contribution in [3.63, 3.8) is 0 Å². The minimum absolute atomic E-state index is 0.00851. The van der Waals surface area contributed by atoms with E-state index >= 15 is 0 Å². The molecule has 4 aromatic rings. The molecular weight excluding hydrogens is 1960 g/mol. The summed E-state index contributed by atoms with van der Waals surface area (Å²) in [7, 11) is 0. The first-order valence-corrected chi connectivity index (χ1v) is 48.3. The molecule has 822 valence electrons. The molecule has 56 nitrogen and oxygen atoms in total. The van der Waals surface area contributed by atoms with Crippen LogP contribution < -0.4 is 157 Å². The Labute approximate surface area is 863 Å². The fraction of sp³-hybridized carbons (Fsp3) is 0.489. The molecule has 0 spiro atoms. The third kappa shape index (κ3) is 52.6. The summed E-state index contributed by atoms with van der Waals surface area (Å²) in [6, 6.07) is 9.94. The van der Waals surface area contributed by atoms with Gasteiger partial charge in [-0.1, -0.05) is 87.0 Å². The van der Waals surface area contributed by atoms with Crippen LogP contribution in [0.5, 0.6) is 17.2 Å². The normalized spacial score (nSPS) is 13.1. The summed E-state index contributed by atoms with van der Waals surface area (Å²) in [5.74, 6) is -20.6. The average molecular weight is 2100 g/mol. The Morgan fingerprint density at radius 2 is 0.587 bits per heavy atom. The number of carbonyl (C=O) groups is 21. The predicted octanol–water partition coefficient (Wildman–Crippen LogP) is -11.2. The van der Waals surface area contributed by atoms with Crippen molar-refractivity contribution in [3.8, 4) is 17.2 Å². The van der Waals surface area contributed by atoms with Crippen LogP contribution in [0.3, 0.4) is 0 Å². The van der Waals surface area contributed by atoms with Gasteiger partial charge in [-0.2, -0.15) is 0 Å². The van der Waals surface area contributed by atoms with E-state index in [1.54, 1.807) is 56.3 Å². The number of nitrogens with two attached hydrogens (primary N) is 7. The third-order valence-corrected chi connectivity index (χ3v) is 22.4. The number of unbranched alkanes of at least 4 members (excludes halogenated alkanes) is 2. The van der Waals surface area contributed by atoms with E-state index in [4.69, 9.17) is 56.4 Å². The van der Waals surface area contributed by atoms with Crippen molar-refractivity contribution in [2.45, 2.75) is 203 Å². The number of phenols is 3. The van der Waals surface area contributed by atoms with Crippen LogP contribution in [0.1, 0.15) is 133 Å². The maximum absolute atomic E-state index is 14.9. The minimum Gasteiger partial charge on any atom is -0.508 e. The summed E-state index contributed by atoms with van der Waals surface area (Å²) in [5, 5.41) is 107. The van der Waals surface area contributed by atoms with E-state index in [1.165, 1.54) is 67.6 Å². The van der Waals surface area contributed by atoms with Gasteiger partial charge in [0, 0.05) is 52.4 Å². The summed E-state index contributed by atoms with van der Waals surface area (Å²) in [5.41, 5.74) is 41.3. The molecule has 0 aliphatic heterocycles. The van der Waals surface area contributed by atoms with Gasteiger partial charge < -0.3 is 172 Å². The van der Waals surface area contributed by atoms with Gasteiger partial charge in [0.05, 0.1) is 64.8 Å². The monoisotopic (exact) mass is 2100 g/mol. The number of aromatic hydroxyl groups is 3. The number of phenolic OH excluding ortho intramolecular Hbond substituents is 3. The molecule has 0 saturated carbocycles. The van der Waals surface area contributed by atoms with Crippen molar-refractivity contribution in [2.24, 2.45) is 46.1 Å². The molecule has 0 saturated heterocycles. The van der Waals surface area contributed by atoms with Crippen LogP contribution in [0, 0.1) is 22.1 Å². The lowest BCUT2D eigenvalue weighted by atomic mass is 9.96. The molecule has 150 heavy (non-hydrogen) atoms. The first-order valence-electron chi connectivity index (χ1n) is 48.3. The number of rotatable bonds is 70. The highest BCUT2D eigenvalue weighted by Crippen LogP contribution is 2.19. The van der Waals surface area contributed by atoms with Crippen LogP contribution in [-0.4, -0.2) is 309 Å². The molecule has 42 N–H and O–H groups in total. The van der Waals surface area contributed by atoms with Crippen molar-refractivity contribution in [1.29, 1.82) is 16.2 Å². The van der Waals surface area contributed by atoms with Gasteiger partial charge in [-0.15, -0.1) is 0 Å². The van der Waals surface area contributed by atoms with Crippen molar-refractivity contribution < 1.29 is 116 Å². The number of benzene rings is 4. The van der Waals surface area contributed by atoms with Crippen LogP contribution in [0.25, 0.3) is 0 Å². The number of guanidine groups is 3. The van der Waals surface area contributed by atoms with Crippen molar-refractivity contribution >= 4 is 142 Å². The first-order chi connectivity index (χ1) is 71.2. The molecule has 12 atom stereocenters. The zero-order valence-electron chi connectivity index (χ0n) is 83.6. The second-order valence-electron chi connectivity index (χ2n) is 34.8. The fourth-order valence-electron chi connectivity index (χ4n) is 14.2. The summed E-state index contributed by atoms with van der Waals surface area (Å²) in [6.45, 7) is -0.671. The van der Waals surface area contributed by atoms with Gasteiger partial charge in [-0.05, 0) is 155 Å². The van der Waals surface area contributed by atoms with Gasteiger partial charge in [0.25, 0.3) is 0 Å². The Morgan fingerprint density at radius 3 is 0.960 bits per heavy atom. The van der Waals surface area contributed by atoms with E-state index < -0.39 is 261 Å². The van der Waals surface area contributed by atoms with E-state index in [2.05, 4.69) is 117 Å². The number of hydrogen-bond donors (Lipinski definition) is 35. The van der Waals surface area contributed by atoms with E-state index in [0.717, 1.165) is 0 Å². The maximum Gasteiger partial charge on any atom is 0.243 e. The summed E-state index contributed by atoms with van der Waals surface area (Å²) in [4.78, 5) is 280. The molecule has 0 radical (unpaired) electrons. The van der Waals surface area contributed by atoms with E-state index in [-0.39, 0.29) is 165 Å². The number of amides is 21. The van der Waals surface area contributed by atoms with Crippen molar-refractivity contribution in [2.75, 3.05) is 85.1 Å². The lowest BCUT2D eigenvalue weighted by Gasteiger charge is -2.29. The molecule has 56 heteroatoms. The van der Waals surface area contributed by atoms with E-state index in [1.807, 2.05) is 0 Å². The molecule has 0 heterocycles. The molecule has 0 unspecified atom stereocenters. The molecule has 0 aliphatic carbocycles. The number of carbonyl (C=O) groups excluding carboxylic acids is 21. The summed E-state index contributed by atoms with van der Waals surface area (Å²) >= 11 is 0. The second kappa shape index (κ2) is 68.3. The topological polar surface area (TPSA) is 938 Å². The third-order valence-electron chi connectivity index (χ3n) is 22.4. The van der Waals surface area contributed by atoms with Gasteiger partial charge >= 0.3 is 0 Å². The standard InChI is InChI=1S/C94H142N32O24/c1-4-52(2)80(126-87(146)66(21-14-38-108-94(103)104)120-88(147)68(41-56-24-30-59(129)31-25-56)124-89(148)69(42-57-26-32-60(130)33-27-57)122-85(144)64(117-53(3)127)19-12-36-106-92(99)100)91(150)121-63(18-8-10-34-95)83(142)115-49-77(137)113-48-76(136)114-51-79(139)118-62(81(98)140)17-9-11-35-105-72(132)44-109-73(133)45-110-74(134)46-111-75(135)47-112-78(138)50-116-84(143)70(43-71(97)131)125-90(149)67(40-54-15-6-5-7-16-54)123-86(145)65(20-13-37-107-93(101)102)119-82(141)61(96)39-55-22-28-58(128)29-23-55/h5-7,15-16,22-33,52,61-70,80,128-130H,4,8-14,17-21,34-51,95-96H2,1-3H3,(H2,97,131)(H2,98,140)(H,105,132)(H,109,133)(H,110,134)(H,111,135)(H,112,138)(H,113,137)(H,114,136)(H,115,142)(H,116,143)(H,117,127)(H,118,139)(H,119,141)(H,120,147)(H,121,150)(H,122,144)(H,123,145)(H,124,148)(H,125,149)(H,126,146)(H4,99,100,106)(H4,101,102,107)(H4,103,104,108)/t52-,61-,62-,63-,64-,65-,66-,67-,68-,69-,70-,80-/m0/s1. The molecule has 4 rings (SSSR count). The van der Waals surface area contributed by atoms with Crippen LogP contribution in [0.2, 0.25) is 0 Å². The predicted molar refractivity (Wildman–Crippen MR) is 542 cm³/mol. The Bertz CT molecular complexity index is 5240. The lowest BCUT2D eigenvalue weighted by Crippen LogP contribution is -2.61. The lowest BCUT2D eigenvalue weighted by molar-refractivity contribution is -0.136. The Hall–Kier alpha value is -17.1. The van der Waals surface area contributed by atoms with Crippen molar-refractivity contribution in [3.05, 3.63) is 125 Å². The zero-order valence-corrected chi connectivity index (χ0v) is 83.6. The van der Waals surface area contributed by atoms with Crippen LogP contribution >= 0.6 is 0 Å². The van der Waals surface area contributed by atoms with Gasteiger partial charge in [-0.3, -0.25) is 117 Å². The molecule has 21 amide bonds. The van der Waals surface area contributed by atoms with Gasteiger partial charge in [0.15, 0.2) is 17.9 Å². The summed E-state index contributed by atoms with van der Waals surface area (Å²) in [6.07, 6.45) is 0.0125. The Kier molecular flexibility index (Phi) is 57.0. The second-order valence-corrected chi connectivity index (χ2v) is 34.8. The van der Waals surface area contributed by atoms with Crippen LogP contribution in [0.15, 0.2) is 103 Å². The minimum atomic E-state index is -1.73. The molecule has 4 aromatic carbocycles. The number of primary amides is 2. The Morgan fingerprint density at radius 1 is 0.293 bits per heavy atom. The van der Waals surface area contributed by atoms with Crippen LogP contribution in [0.4, 0.5) is 0 Å². The maximum atomic E-state index is 14.9. The Balaban J connectivity index is 1.23. The zero-order chi connectivity index (χ0) is 111. The molecule has 0 aliphatic rings. The molecule has 0 bridgehead atoms. The number of nitrogens with one attached hydrogen (secondary N) is 25. The fourth-order valence-corrected chi connectivity index (χ4v) is 14.2. The van der Waals surface area contributed by atoms with Crippen LogP contribution in [-0.2, 0) is 126 Å². The average Bonchev–Trinajstić information content (AvgIpc) is 0.835. The molecule has 0 aromatic heterocycles. The SMILES string of the molecule is CC[C@H](C)[C@H](NC(=O)[C@H](CCCNC(=N)N)NC(=O)[C@H](Cc1ccc(O)cc1)NC(=O)[C@H](Cc1ccc(O)cc1)NC(=O)[C@H](CCCNC(=N)N)NC(C)=O)C(=O)N[C@@H](CCCCN)C(=O)NCC(=O)NCC(=O)NCC(=O)N[C@@H](CCCCNC(=O)CNC(=O)CNC(=O)CNC(=O)CNC(=O)CNC(=O)[C@H](CC(N)=O)NC(=O)[C@H](Cc1ccccc1)NC(=O)[C@H](CCCNC(=N)N)NC(=O)[C@@H](N)Cc1ccc(O)cc1)C(N)=O. The largest absolute Gasteiger partial charge is 0.508 e. The smallest absolute Gasteiger partial charge is 0.243 e. The highest BCUT2D eigenvalue weighted by Gasteiger charge is 2.38. The molecular formula is C94H142N32O24. The quantitative estimate of drug-likeness (QED) is 0.0111. The van der Waals surface area contributed by atoms with E-state index in [0.29, 0.717) is 28.7 Å². The highest BCUT2D eigenvalue weighted by atomic mass is 16.3. The summed E-state index contributed by atoms with van der Waals surface area (Å²) < 4.78 is 0. The van der Waals surface area contributed by atoms with E-state index in [9.17, 15) is 116 Å². The van der Waals surface area contributed by atoms with Gasteiger partial charge in [0.1, 0.15) is 77.7 Å². The first kappa shape index (κ1) is 125. The van der Waals surface area contributed by atoms with Gasteiger partial charge in [0.2, 0.25) is 124 Å². The highest BCUT2D eigenvalue weighted by molar-refractivity contribution is 6.01. The molecule has 0 fully saturated rings. The number of hydrogen-bond acceptors (Lipinski definition) is 29. The van der Waals surface area contributed by atoms with Gasteiger partial charge in [-0.25, -0.2) is 0 Å². The van der Waals surface area contributed by atoms with Crippen molar-refractivity contribution in [1.82, 2.24) is 117 Å².